The van der Waals surface area contributed by atoms with Gasteiger partial charge in [0.05, 0.1) is 18.2 Å². The Labute approximate surface area is 231 Å². The van der Waals surface area contributed by atoms with Gasteiger partial charge in [-0.15, -0.1) is 0 Å². The molecule has 1 saturated carbocycles. The number of benzene rings is 2. The van der Waals surface area contributed by atoms with Crippen molar-refractivity contribution in [1.82, 2.24) is 14.5 Å². The molecule has 8 nitrogen and oxygen atoms in total. The van der Waals surface area contributed by atoms with E-state index in [0.717, 1.165) is 37.3 Å². The van der Waals surface area contributed by atoms with Gasteiger partial charge in [0.25, 0.3) is 0 Å². The number of ether oxygens (including phenoxy) is 2. The number of hydrogen-bond acceptors (Lipinski definition) is 6. The number of nitrogens with zero attached hydrogens (tertiary/aromatic N) is 4. The molecule has 1 N–H and O–H groups in total. The third-order valence-corrected chi connectivity index (χ3v) is 7.74. The number of aromatic carboxylic acids is 1. The van der Waals surface area contributed by atoms with Crippen molar-refractivity contribution in [3.8, 4) is 11.6 Å². The van der Waals surface area contributed by atoms with Gasteiger partial charge >= 0.3 is 5.97 Å². The Kier molecular flexibility index (Phi) is 7.61. The Morgan fingerprint density at radius 3 is 2.62 bits per heavy atom. The lowest BCUT2D eigenvalue weighted by Crippen LogP contribution is -2.36. The molecule has 204 valence electrons. The van der Waals surface area contributed by atoms with Crippen LogP contribution < -0.4 is 14.4 Å². The zero-order valence-electron chi connectivity index (χ0n) is 22.0. The van der Waals surface area contributed by atoms with Crippen molar-refractivity contribution in [3.63, 3.8) is 0 Å². The molecule has 0 aliphatic heterocycles. The molecule has 0 radical (unpaired) electrons. The van der Waals surface area contributed by atoms with Gasteiger partial charge in [-0.1, -0.05) is 23.7 Å². The molecular formula is C29H30ClFN4O4. The van der Waals surface area contributed by atoms with Crippen LogP contribution in [0.5, 0.6) is 11.6 Å². The van der Waals surface area contributed by atoms with Crippen LogP contribution in [0.4, 0.5) is 10.3 Å². The molecule has 0 saturated heterocycles. The monoisotopic (exact) mass is 552 g/mol. The maximum absolute atomic E-state index is 14.1. The van der Waals surface area contributed by atoms with Crippen molar-refractivity contribution in [1.29, 1.82) is 0 Å². The summed E-state index contributed by atoms with van der Waals surface area (Å²) in [6.45, 7) is 0.0771. The van der Waals surface area contributed by atoms with Crippen molar-refractivity contribution in [2.45, 2.75) is 44.2 Å². The molecule has 10 heteroatoms. The van der Waals surface area contributed by atoms with E-state index in [0.29, 0.717) is 39.2 Å². The van der Waals surface area contributed by atoms with E-state index in [1.165, 1.54) is 19.2 Å². The highest BCUT2D eigenvalue weighted by Crippen LogP contribution is 2.37. The molecule has 0 spiro atoms. The molecule has 2 aromatic heterocycles. The molecule has 39 heavy (non-hydrogen) atoms. The van der Waals surface area contributed by atoms with Crippen LogP contribution in [0.3, 0.4) is 0 Å². The van der Waals surface area contributed by atoms with Crippen molar-refractivity contribution >= 4 is 34.6 Å². The van der Waals surface area contributed by atoms with E-state index in [-0.39, 0.29) is 18.2 Å². The fourth-order valence-corrected chi connectivity index (χ4v) is 5.45. The van der Waals surface area contributed by atoms with E-state index in [1.54, 1.807) is 24.3 Å². The number of anilines is 1. The number of fused-ring (bicyclic) bond motifs is 1. The standard InChI is InChI=1S/C29H30ClFN4O4/c1-34(29-33-27-24(35(29)2)13-19(28(36)37)14-25(27)38-3)21-11-8-17(9-12-21)23-5-4-6-26(32-23)39-16-18-7-10-20(30)15-22(18)31/h4-7,10,13-15,17,21H,8-9,11-12,16H2,1-3H3,(H,36,37). The summed E-state index contributed by atoms with van der Waals surface area (Å²) in [5, 5.41) is 9.83. The number of hydrogen-bond donors (Lipinski definition) is 1. The van der Waals surface area contributed by atoms with Crippen molar-refractivity contribution in [2.24, 2.45) is 7.05 Å². The first-order chi connectivity index (χ1) is 18.7. The highest BCUT2D eigenvalue weighted by Gasteiger charge is 2.29. The summed E-state index contributed by atoms with van der Waals surface area (Å²) in [5.41, 5.74) is 2.91. The third kappa shape index (κ3) is 5.49. The van der Waals surface area contributed by atoms with E-state index >= 15 is 0 Å². The number of halogens is 2. The zero-order valence-corrected chi connectivity index (χ0v) is 22.8. The summed E-state index contributed by atoms with van der Waals surface area (Å²) in [6, 6.07) is 13.7. The minimum Gasteiger partial charge on any atom is -0.494 e. The highest BCUT2D eigenvalue weighted by molar-refractivity contribution is 6.30. The molecule has 4 aromatic rings. The number of carboxylic acid groups (broad SMARTS) is 1. The molecule has 1 fully saturated rings. The quantitative estimate of drug-likeness (QED) is 0.278. The van der Waals surface area contributed by atoms with Gasteiger partial charge in [-0.3, -0.25) is 0 Å². The van der Waals surface area contributed by atoms with Crippen molar-refractivity contribution in [2.75, 3.05) is 19.1 Å². The maximum atomic E-state index is 14.1. The van der Waals surface area contributed by atoms with E-state index in [1.807, 2.05) is 30.8 Å². The molecular weight excluding hydrogens is 523 g/mol. The van der Waals surface area contributed by atoms with E-state index < -0.39 is 11.8 Å². The maximum Gasteiger partial charge on any atom is 0.335 e. The Morgan fingerprint density at radius 1 is 1.15 bits per heavy atom. The molecule has 0 unspecified atom stereocenters. The summed E-state index contributed by atoms with van der Waals surface area (Å²) >= 11 is 5.83. The van der Waals surface area contributed by atoms with Crippen molar-refractivity contribution < 1.29 is 23.8 Å². The summed E-state index contributed by atoms with van der Waals surface area (Å²) < 4.78 is 27.2. The molecule has 2 aromatic carbocycles. The lowest BCUT2D eigenvalue weighted by Gasteiger charge is -2.35. The topological polar surface area (TPSA) is 89.7 Å². The van der Waals surface area contributed by atoms with Crippen LogP contribution in [-0.2, 0) is 13.7 Å². The van der Waals surface area contributed by atoms with Gasteiger partial charge < -0.3 is 24.0 Å². The number of aromatic nitrogens is 3. The first-order valence-electron chi connectivity index (χ1n) is 12.8. The van der Waals surface area contributed by atoms with Gasteiger partial charge in [-0.05, 0) is 56.0 Å². The van der Waals surface area contributed by atoms with Crippen LogP contribution in [0.25, 0.3) is 11.0 Å². The normalized spacial score (nSPS) is 17.3. The molecule has 1 aliphatic rings. The average Bonchev–Trinajstić information content (AvgIpc) is 3.28. The third-order valence-electron chi connectivity index (χ3n) is 7.51. The van der Waals surface area contributed by atoms with Crippen LogP contribution in [-0.4, -0.2) is 45.8 Å². The lowest BCUT2D eigenvalue weighted by molar-refractivity contribution is 0.0696. The fourth-order valence-electron chi connectivity index (χ4n) is 5.29. The van der Waals surface area contributed by atoms with Crippen LogP contribution in [0.15, 0.2) is 48.5 Å². The predicted molar refractivity (Wildman–Crippen MR) is 148 cm³/mol. The Bertz CT molecular complexity index is 1520. The Morgan fingerprint density at radius 2 is 1.92 bits per heavy atom. The summed E-state index contributed by atoms with van der Waals surface area (Å²) in [5.74, 6) is 0.556. The van der Waals surface area contributed by atoms with E-state index in [2.05, 4.69) is 4.90 Å². The number of methoxy groups -OCH3 is 1. The number of rotatable bonds is 8. The SMILES string of the molecule is COc1cc(C(=O)O)cc2c1nc(N(C)C1CCC(c3cccc(OCc4ccc(Cl)cc4F)n3)CC1)n2C. The average molecular weight is 553 g/mol. The minimum atomic E-state index is -1.01. The fraction of sp³-hybridized carbons (Fsp3) is 0.345. The summed E-state index contributed by atoms with van der Waals surface area (Å²) in [6.07, 6.45) is 3.80. The van der Waals surface area contributed by atoms with E-state index in [9.17, 15) is 14.3 Å². The van der Waals surface area contributed by atoms with Gasteiger partial charge in [0.2, 0.25) is 11.8 Å². The number of imidazole rings is 1. The smallest absolute Gasteiger partial charge is 0.335 e. The van der Waals surface area contributed by atoms with Crippen LogP contribution in [0, 0.1) is 5.82 Å². The molecule has 0 amide bonds. The van der Waals surface area contributed by atoms with Crippen LogP contribution in [0.1, 0.15) is 53.2 Å². The van der Waals surface area contributed by atoms with Crippen molar-refractivity contribution in [3.05, 3.63) is 76.2 Å². The first kappa shape index (κ1) is 26.7. The molecule has 1 aliphatic carbocycles. The highest BCUT2D eigenvalue weighted by atomic mass is 35.5. The van der Waals surface area contributed by atoms with Gasteiger partial charge in [-0.2, -0.15) is 0 Å². The number of pyridine rings is 1. The van der Waals surface area contributed by atoms with Crippen LogP contribution in [0.2, 0.25) is 5.02 Å². The predicted octanol–water partition coefficient (Wildman–Crippen LogP) is 6.21. The first-order valence-corrected chi connectivity index (χ1v) is 13.2. The Hall–Kier alpha value is -3.85. The molecule has 2 heterocycles. The zero-order chi connectivity index (χ0) is 27.7. The lowest BCUT2D eigenvalue weighted by atomic mass is 9.83. The Balaban J connectivity index is 1.26. The van der Waals surface area contributed by atoms with Gasteiger partial charge in [0, 0.05) is 48.4 Å². The minimum absolute atomic E-state index is 0.0771. The summed E-state index contributed by atoms with van der Waals surface area (Å²) in [7, 11) is 5.44. The number of carboxylic acids is 1. The second-order valence-corrected chi connectivity index (χ2v) is 10.3. The largest absolute Gasteiger partial charge is 0.494 e. The number of aryl methyl sites for hydroxylation is 1. The number of carbonyl (C=O) groups is 1. The second-order valence-electron chi connectivity index (χ2n) is 9.86. The van der Waals surface area contributed by atoms with Crippen LogP contribution >= 0.6 is 11.6 Å². The van der Waals surface area contributed by atoms with E-state index in [4.69, 9.17) is 31.0 Å². The van der Waals surface area contributed by atoms with Gasteiger partial charge in [-0.25, -0.2) is 19.2 Å². The molecule has 5 rings (SSSR count). The molecule has 0 bridgehead atoms. The summed E-state index contributed by atoms with van der Waals surface area (Å²) in [4.78, 5) is 23.3. The van der Waals surface area contributed by atoms with Gasteiger partial charge in [0.1, 0.15) is 23.7 Å². The van der Waals surface area contributed by atoms with Gasteiger partial charge in [0.15, 0.2) is 0 Å². The second kappa shape index (κ2) is 11.1. The molecule has 0 atom stereocenters.